The molecule has 3 rings (SSSR count). The number of hydrogen-bond donors (Lipinski definition) is 0. The Morgan fingerprint density at radius 1 is 0.952 bits per heavy atom. The molecular weight excluding hydrogens is 333 g/mol. The first-order valence-corrected chi connectivity index (χ1v) is 7.02. The Morgan fingerprint density at radius 2 is 1.71 bits per heavy atom. The molecule has 2 nitrogen and oxygen atoms in total. The zero-order valence-electron chi connectivity index (χ0n) is 10.8. The molecular formula is C17H9BrFNO. The first-order valence-electron chi connectivity index (χ1n) is 6.22. The van der Waals surface area contributed by atoms with Crippen LogP contribution in [0.4, 0.5) is 4.39 Å². The van der Waals surface area contributed by atoms with E-state index in [2.05, 4.69) is 15.9 Å². The van der Waals surface area contributed by atoms with Crippen molar-refractivity contribution < 1.29 is 9.13 Å². The summed E-state index contributed by atoms with van der Waals surface area (Å²) in [6.45, 7) is 0. The molecule has 0 aliphatic carbocycles. The van der Waals surface area contributed by atoms with Gasteiger partial charge >= 0.3 is 0 Å². The predicted octanol–water partition coefficient (Wildman–Crippen LogP) is 5.41. The number of halogens is 2. The molecule has 0 fully saturated rings. The number of benzene rings is 3. The van der Waals surface area contributed by atoms with Crippen LogP contribution in [-0.2, 0) is 0 Å². The number of rotatable bonds is 2. The van der Waals surface area contributed by atoms with E-state index in [0.29, 0.717) is 11.5 Å². The quantitative estimate of drug-likeness (QED) is 0.624. The summed E-state index contributed by atoms with van der Waals surface area (Å²) in [4.78, 5) is 0. The van der Waals surface area contributed by atoms with Gasteiger partial charge in [-0.1, -0.05) is 28.1 Å². The first kappa shape index (κ1) is 13.6. The zero-order chi connectivity index (χ0) is 14.8. The summed E-state index contributed by atoms with van der Waals surface area (Å²) in [5.41, 5.74) is 0.172. The number of ether oxygens (including phenoxy) is 1. The van der Waals surface area contributed by atoms with E-state index < -0.39 is 5.82 Å². The highest BCUT2D eigenvalue weighted by Gasteiger charge is 2.07. The molecule has 0 N–H and O–H groups in total. The van der Waals surface area contributed by atoms with E-state index in [1.165, 1.54) is 12.1 Å². The minimum Gasteiger partial charge on any atom is -0.456 e. The fraction of sp³-hybridized carbons (Fsp3) is 0. The summed E-state index contributed by atoms with van der Waals surface area (Å²) in [5, 5.41) is 11.1. The van der Waals surface area contributed by atoms with Crippen molar-refractivity contribution >= 4 is 26.7 Å². The lowest BCUT2D eigenvalue weighted by Crippen LogP contribution is -1.89. The Hall–Kier alpha value is -2.38. The molecule has 0 radical (unpaired) electrons. The Labute approximate surface area is 129 Å². The maximum absolute atomic E-state index is 13.1. The number of nitrogens with zero attached hydrogens (tertiary/aromatic N) is 1. The highest BCUT2D eigenvalue weighted by atomic mass is 79.9. The van der Waals surface area contributed by atoms with Gasteiger partial charge in [-0.25, -0.2) is 4.39 Å². The van der Waals surface area contributed by atoms with Gasteiger partial charge in [0.15, 0.2) is 0 Å². The summed E-state index contributed by atoms with van der Waals surface area (Å²) in [6.07, 6.45) is 0. The predicted molar refractivity (Wildman–Crippen MR) is 82.8 cm³/mol. The molecule has 3 aromatic carbocycles. The van der Waals surface area contributed by atoms with Crippen molar-refractivity contribution in [3.63, 3.8) is 0 Å². The smallest absolute Gasteiger partial charge is 0.145 e. The van der Waals surface area contributed by atoms with Crippen LogP contribution in [0.2, 0.25) is 0 Å². The Balaban J connectivity index is 1.99. The van der Waals surface area contributed by atoms with Gasteiger partial charge in [0, 0.05) is 4.47 Å². The molecule has 0 aliphatic rings. The van der Waals surface area contributed by atoms with Crippen LogP contribution in [0.1, 0.15) is 5.56 Å². The molecule has 0 atom stereocenters. The first-order chi connectivity index (χ1) is 10.2. The topological polar surface area (TPSA) is 33.0 Å². The van der Waals surface area contributed by atoms with Crippen LogP contribution < -0.4 is 4.74 Å². The highest BCUT2D eigenvalue weighted by molar-refractivity contribution is 9.10. The van der Waals surface area contributed by atoms with Crippen LogP contribution in [0.5, 0.6) is 11.5 Å². The van der Waals surface area contributed by atoms with Gasteiger partial charge < -0.3 is 4.74 Å². The van der Waals surface area contributed by atoms with E-state index in [-0.39, 0.29) is 5.56 Å². The van der Waals surface area contributed by atoms with Gasteiger partial charge in [-0.2, -0.15) is 5.26 Å². The van der Waals surface area contributed by atoms with Crippen LogP contribution in [0.3, 0.4) is 0 Å². The molecule has 0 heterocycles. The largest absolute Gasteiger partial charge is 0.456 e. The Morgan fingerprint density at radius 3 is 2.52 bits per heavy atom. The molecule has 0 aliphatic heterocycles. The summed E-state index contributed by atoms with van der Waals surface area (Å²) >= 11 is 3.43. The van der Waals surface area contributed by atoms with E-state index in [9.17, 15) is 4.39 Å². The Kier molecular flexibility index (Phi) is 3.59. The van der Waals surface area contributed by atoms with Crippen molar-refractivity contribution in [1.82, 2.24) is 0 Å². The van der Waals surface area contributed by atoms with E-state index in [1.54, 1.807) is 0 Å². The van der Waals surface area contributed by atoms with Gasteiger partial charge in [-0.15, -0.1) is 0 Å². The number of fused-ring (bicyclic) bond motifs is 1. The average molecular weight is 342 g/mol. The van der Waals surface area contributed by atoms with E-state index in [1.807, 2.05) is 42.5 Å². The average Bonchev–Trinajstić information content (AvgIpc) is 2.49. The molecule has 0 bridgehead atoms. The maximum Gasteiger partial charge on any atom is 0.145 e. The summed E-state index contributed by atoms with van der Waals surface area (Å²) < 4.78 is 19.8. The van der Waals surface area contributed by atoms with Crippen molar-refractivity contribution in [2.24, 2.45) is 0 Å². The molecule has 0 spiro atoms. The van der Waals surface area contributed by atoms with Crippen molar-refractivity contribution in [3.8, 4) is 17.6 Å². The molecule has 0 saturated carbocycles. The lowest BCUT2D eigenvalue weighted by atomic mass is 10.1. The molecule has 0 unspecified atom stereocenters. The maximum atomic E-state index is 13.1. The second-order valence-corrected chi connectivity index (χ2v) is 5.42. The minimum atomic E-state index is -0.456. The van der Waals surface area contributed by atoms with Crippen molar-refractivity contribution in [2.75, 3.05) is 0 Å². The molecule has 3 aromatic rings. The fourth-order valence-corrected chi connectivity index (χ4v) is 2.44. The molecule has 0 amide bonds. The lowest BCUT2D eigenvalue weighted by molar-refractivity contribution is 0.479. The van der Waals surface area contributed by atoms with Crippen molar-refractivity contribution in [1.29, 1.82) is 5.26 Å². The second kappa shape index (κ2) is 5.55. The lowest BCUT2D eigenvalue weighted by Gasteiger charge is -2.08. The molecule has 0 saturated heterocycles. The minimum absolute atomic E-state index is 0.172. The van der Waals surface area contributed by atoms with Gasteiger partial charge in [0.1, 0.15) is 23.4 Å². The normalized spacial score (nSPS) is 10.3. The fourth-order valence-electron chi connectivity index (χ4n) is 2.06. The zero-order valence-corrected chi connectivity index (χ0v) is 12.4. The van der Waals surface area contributed by atoms with Gasteiger partial charge in [0.05, 0.1) is 5.56 Å². The van der Waals surface area contributed by atoms with Gasteiger partial charge in [0.25, 0.3) is 0 Å². The van der Waals surface area contributed by atoms with Crippen LogP contribution in [0, 0.1) is 17.1 Å². The molecule has 4 heteroatoms. The van der Waals surface area contributed by atoms with E-state index >= 15 is 0 Å². The second-order valence-electron chi connectivity index (χ2n) is 4.51. The SMILES string of the molecule is N#Cc1cc(F)ccc1Oc1ccc2cc(Br)ccc2c1. The molecule has 21 heavy (non-hydrogen) atoms. The number of hydrogen-bond acceptors (Lipinski definition) is 2. The Bertz CT molecular complexity index is 870. The van der Waals surface area contributed by atoms with Crippen molar-refractivity contribution in [3.05, 3.63) is 70.5 Å². The van der Waals surface area contributed by atoms with Gasteiger partial charge in [-0.3, -0.25) is 0 Å². The monoisotopic (exact) mass is 341 g/mol. The van der Waals surface area contributed by atoms with Crippen molar-refractivity contribution in [2.45, 2.75) is 0 Å². The molecule has 0 aromatic heterocycles. The van der Waals surface area contributed by atoms with Crippen LogP contribution in [-0.4, -0.2) is 0 Å². The summed E-state index contributed by atoms with van der Waals surface area (Å²) in [7, 11) is 0. The van der Waals surface area contributed by atoms with Gasteiger partial charge in [-0.05, 0) is 53.2 Å². The third-order valence-corrected chi connectivity index (χ3v) is 3.56. The highest BCUT2D eigenvalue weighted by Crippen LogP contribution is 2.29. The molecule has 102 valence electrons. The van der Waals surface area contributed by atoms with Crippen LogP contribution in [0.15, 0.2) is 59.1 Å². The third kappa shape index (κ3) is 2.88. The van der Waals surface area contributed by atoms with E-state index in [4.69, 9.17) is 10.00 Å². The standard InChI is InChI=1S/C17H9BrFNO/c18-14-3-1-12-9-16(5-2-11(12)7-14)21-17-6-4-15(19)8-13(17)10-20/h1-9H. The summed E-state index contributed by atoms with van der Waals surface area (Å²) in [6, 6.07) is 17.4. The summed E-state index contributed by atoms with van der Waals surface area (Å²) in [5.74, 6) is 0.491. The van der Waals surface area contributed by atoms with Crippen LogP contribution in [0.25, 0.3) is 10.8 Å². The van der Waals surface area contributed by atoms with E-state index in [0.717, 1.165) is 21.3 Å². The van der Waals surface area contributed by atoms with Crippen LogP contribution >= 0.6 is 15.9 Å². The number of nitriles is 1. The van der Waals surface area contributed by atoms with Gasteiger partial charge in [0.2, 0.25) is 0 Å². The third-order valence-electron chi connectivity index (χ3n) is 3.06.